The molecule has 0 saturated carbocycles. The van der Waals surface area contributed by atoms with Gasteiger partial charge < -0.3 is 5.11 Å². The van der Waals surface area contributed by atoms with Gasteiger partial charge in [-0.2, -0.15) is 8.42 Å². The number of carbonyl (C=O) groups is 1. The standard InChI is InChI=1S/C19H10Br4O5S.Na/c20-12-5-9(24)6-13(21)18(12)17(19-14(22)7-10(25)8-15(19)23)11-3-1-2-4-16(11)29(26,27)28;/h1-8,24H,(H,26,27,28);/q;+1/p-1. The van der Waals surface area contributed by atoms with Crippen molar-refractivity contribution in [1.82, 2.24) is 0 Å². The molecule has 0 aliphatic heterocycles. The zero-order chi connectivity index (χ0) is 21.5. The third-order valence-corrected chi connectivity index (χ3v) is 7.38. The Kier molecular flexibility index (Phi) is 8.97. The molecule has 30 heavy (non-hydrogen) atoms. The van der Waals surface area contributed by atoms with Crippen molar-refractivity contribution in [2.75, 3.05) is 0 Å². The maximum absolute atomic E-state index is 12.1. The van der Waals surface area contributed by atoms with E-state index in [1.807, 2.05) is 0 Å². The van der Waals surface area contributed by atoms with Gasteiger partial charge in [0, 0.05) is 52.3 Å². The fraction of sp³-hybridized carbons (Fsp3) is 0. The van der Waals surface area contributed by atoms with Gasteiger partial charge in [-0.05, 0) is 37.9 Å². The zero-order valence-electron chi connectivity index (χ0n) is 15.1. The van der Waals surface area contributed by atoms with E-state index in [2.05, 4.69) is 63.7 Å². The molecule has 0 aromatic heterocycles. The molecule has 5 nitrogen and oxygen atoms in total. The van der Waals surface area contributed by atoms with E-state index in [1.165, 1.54) is 42.5 Å². The largest absolute Gasteiger partial charge is 1.00 e. The van der Waals surface area contributed by atoms with Crippen LogP contribution in [0.1, 0.15) is 11.1 Å². The molecule has 150 valence electrons. The third kappa shape index (κ3) is 5.47. The van der Waals surface area contributed by atoms with Gasteiger partial charge in [-0.25, -0.2) is 0 Å². The van der Waals surface area contributed by atoms with Gasteiger partial charge in [-0.1, -0.05) is 62.2 Å². The summed E-state index contributed by atoms with van der Waals surface area (Å²) >= 11 is 13.5. The van der Waals surface area contributed by atoms with Crippen LogP contribution in [0.3, 0.4) is 0 Å². The van der Waals surface area contributed by atoms with Crippen LogP contribution in [0.15, 0.2) is 76.9 Å². The topological polar surface area (TPSA) is 94.5 Å². The van der Waals surface area contributed by atoms with Crippen LogP contribution in [0.5, 0.6) is 5.75 Å². The Morgan fingerprint density at radius 1 is 0.933 bits per heavy atom. The van der Waals surface area contributed by atoms with E-state index in [1.54, 1.807) is 6.07 Å². The predicted octanol–water partition coefficient (Wildman–Crippen LogP) is 2.48. The molecule has 3 rings (SSSR count). The fourth-order valence-electron chi connectivity index (χ4n) is 2.87. The van der Waals surface area contributed by atoms with Crippen molar-refractivity contribution in [3.05, 3.63) is 83.2 Å². The summed E-state index contributed by atoms with van der Waals surface area (Å²) in [5.41, 5.74) is 1.51. The number of hydrogen-bond acceptors (Lipinski definition) is 4. The first-order chi connectivity index (χ1) is 13.5. The minimum absolute atomic E-state index is 0. The first-order valence-corrected chi connectivity index (χ1v) is 12.4. The molecule has 0 fully saturated rings. The molecule has 1 N–H and O–H groups in total. The van der Waals surface area contributed by atoms with Gasteiger partial charge in [-0.3, -0.25) is 9.35 Å². The van der Waals surface area contributed by atoms with Gasteiger partial charge >= 0.3 is 29.6 Å². The van der Waals surface area contributed by atoms with Crippen LogP contribution in [-0.2, 0) is 14.9 Å². The van der Waals surface area contributed by atoms with Crippen molar-refractivity contribution < 1.29 is 52.4 Å². The predicted molar refractivity (Wildman–Crippen MR) is 123 cm³/mol. The first-order valence-electron chi connectivity index (χ1n) is 7.77. The molecule has 0 saturated heterocycles. The van der Waals surface area contributed by atoms with Crippen LogP contribution >= 0.6 is 63.7 Å². The summed E-state index contributed by atoms with van der Waals surface area (Å²) < 4.78 is 35.5. The van der Waals surface area contributed by atoms with E-state index >= 15 is 0 Å². The van der Waals surface area contributed by atoms with E-state index in [0.717, 1.165) is 0 Å². The molecule has 11 heteroatoms. The van der Waals surface area contributed by atoms with Crippen molar-refractivity contribution in [2.24, 2.45) is 0 Å². The monoisotopic (exact) mass is 688 g/mol. The van der Waals surface area contributed by atoms with Gasteiger partial charge in [0.2, 0.25) is 0 Å². The van der Waals surface area contributed by atoms with E-state index in [4.69, 9.17) is 0 Å². The van der Waals surface area contributed by atoms with E-state index in [-0.39, 0.29) is 51.5 Å². The van der Waals surface area contributed by atoms with Crippen molar-refractivity contribution >= 4 is 85.2 Å². The zero-order valence-corrected chi connectivity index (χ0v) is 24.3. The SMILES string of the molecule is O=C1C=C(Br)C(=C(c2ccccc2S(=O)(=O)O)c2c(Br)cc([O-])cc2Br)C(Br)=C1.[Na+]. The second kappa shape index (κ2) is 10.3. The minimum Gasteiger partial charge on any atom is -0.872 e. The molecular formula is C19H9Br4NaO5S. The Labute approximate surface area is 228 Å². The second-order valence-electron chi connectivity index (χ2n) is 5.87. The summed E-state index contributed by atoms with van der Waals surface area (Å²) in [6.45, 7) is 0. The smallest absolute Gasteiger partial charge is 0.872 e. The van der Waals surface area contributed by atoms with Gasteiger partial charge in [0.1, 0.15) is 4.90 Å². The molecule has 0 unspecified atom stereocenters. The van der Waals surface area contributed by atoms with Crippen molar-refractivity contribution in [3.63, 3.8) is 0 Å². The molecule has 1 aliphatic rings. The van der Waals surface area contributed by atoms with E-state index in [0.29, 0.717) is 34.6 Å². The van der Waals surface area contributed by atoms with Gasteiger partial charge in [0.05, 0.1) is 0 Å². The van der Waals surface area contributed by atoms with Crippen LogP contribution in [-0.4, -0.2) is 18.8 Å². The first kappa shape index (κ1) is 26.2. The van der Waals surface area contributed by atoms with E-state index in [9.17, 15) is 22.9 Å². The molecule has 2 aromatic carbocycles. The summed E-state index contributed by atoms with van der Waals surface area (Å²) in [6.07, 6.45) is 2.69. The summed E-state index contributed by atoms with van der Waals surface area (Å²) in [5, 5.41) is 11.9. The van der Waals surface area contributed by atoms with Crippen molar-refractivity contribution in [1.29, 1.82) is 0 Å². The van der Waals surface area contributed by atoms with Crippen molar-refractivity contribution in [3.8, 4) is 5.75 Å². The quantitative estimate of drug-likeness (QED) is 0.395. The van der Waals surface area contributed by atoms with Crippen LogP contribution in [0, 0.1) is 0 Å². The average Bonchev–Trinajstić information content (AvgIpc) is 2.58. The number of halogens is 4. The van der Waals surface area contributed by atoms with Crippen LogP contribution in [0.4, 0.5) is 0 Å². The molecule has 0 atom stereocenters. The van der Waals surface area contributed by atoms with Gasteiger partial charge in [0.25, 0.3) is 10.1 Å². The second-order valence-corrected chi connectivity index (χ2v) is 10.7. The Bertz CT molecular complexity index is 1200. The van der Waals surface area contributed by atoms with Crippen LogP contribution < -0.4 is 34.7 Å². The fourth-order valence-corrected chi connectivity index (χ4v) is 6.65. The summed E-state index contributed by atoms with van der Waals surface area (Å²) in [6, 6.07) is 8.61. The maximum atomic E-state index is 12.1. The van der Waals surface area contributed by atoms with Gasteiger partial charge in [-0.15, -0.1) is 5.75 Å². The molecule has 0 spiro atoms. The number of allylic oxidation sites excluding steroid dienone is 5. The summed E-state index contributed by atoms with van der Waals surface area (Å²) in [4.78, 5) is 11.6. The molecule has 1 aliphatic carbocycles. The van der Waals surface area contributed by atoms with Crippen molar-refractivity contribution in [2.45, 2.75) is 4.90 Å². The number of rotatable bonds is 3. The Balaban J connectivity index is 0.00000320. The average molecular weight is 692 g/mol. The molecule has 0 bridgehead atoms. The number of benzene rings is 2. The molecule has 0 radical (unpaired) electrons. The Morgan fingerprint density at radius 3 is 1.93 bits per heavy atom. The summed E-state index contributed by atoms with van der Waals surface area (Å²) in [7, 11) is -4.57. The Morgan fingerprint density at radius 2 is 1.43 bits per heavy atom. The molecule has 2 aromatic rings. The number of ketones is 1. The van der Waals surface area contributed by atoms with Crippen LogP contribution in [0.2, 0.25) is 0 Å². The number of hydrogen-bond donors (Lipinski definition) is 1. The summed E-state index contributed by atoms with van der Waals surface area (Å²) in [5.74, 6) is -0.522. The van der Waals surface area contributed by atoms with E-state index < -0.39 is 10.1 Å². The maximum Gasteiger partial charge on any atom is 1.00 e. The van der Waals surface area contributed by atoms with Crippen LogP contribution in [0.25, 0.3) is 5.57 Å². The molecule has 0 amide bonds. The minimum atomic E-state index is -4.57. The van der Waals surface area contributed by atoms with Gasteiger partial charge in [0.15, 0.2) is 5.78 Å². The third-order valence-electron chi connectivity index (χ3n) is 3.97. The normalized spacial score (nSPS) is 14.0. The molecular weight excluding hydrogens is 683 g/mol. The molecule has 0 heterocycles. The Hall–Kier alpha value is -0.0400. The number of carbonyl (C=O) groups excluding carboxylic acids is 1.